The molecular weight excluding hydrogens is 559 g/mol. The van der Waals surface area contributed by atoms with Crippen LogP contribution >= 0.6 is 23.2 Å². The van der Waals surface area contributed by atoms with Crippen LogP contribution in [0.25, 0.3) is 0 Å². The number of piperazine rings is 1. The summed E-state index contributed by atoms with van der Waals surface area (Å²) < 4.78 is 0. The molecule has 6 rings (SSSR count). The molecule has 10 heteroatoms. The molecule has 1 aromatic heterocycles. The summed E-state index contributed by atoms with van der Waals surface area (Å²) in [7, 11) is 0. The summed E-state index contributed by atoms with van der Waals surface area (Å²) in [5.74, 6) is 0.769. The average Bonchev–Trinajstić information content (AvgIpc) is 2.97. The quantitative estimate of drug-likeness (QED) is 0.324. The predicted molar refractivity (Wildman–Crippen MR) is 168 cm³/mol. The third-order valence-electron chi connectivity index (χ3n) is 9.10. The standard InChI is InChI=1S/C31H38Cl2N6O2/c1-2-24-19-38(14-15-39(24)25-10-12-37(13-11-25)18-20-6-8-21(32)9-7-20)31-26(33)16-23(17-34-31)36-28-27(29(40)30(28)41)35-22-4-3-5-22/h6-9,16-17,22,24-25,35-36H,2-5,10-15,18-19H2,1H3/t24-/m0/s1. The van der Waals surface area contributed by atoms with Gasteiger partial charge in [-0.15, -0.1) is 0 Å². The Bertz CT molecular complexity index is 1430. The molecule has 3 aliphatic rings. The number of nitrogens with zero attached hydrogens (tertiary/aromatic N) is 4. The van der Waals surface area contributed by atoms with Crippen molar-refractivity contribution in [2.75, 3.05) is 48.3 Å². The summed E-state index contributed by atoms with van der Waals surface area (Å²) >= 11 is 12.8. The molecule has 1 saturated carbocycles. The maximum absolute atomic E-state index is 12.2. The van der Waals surface area contributed by atoms with Gasteiger partial charge >= 0.3 is 0 Å². The molecule has 1 atom stereocenters. The van der Waals surface area contributed by atoms with Crippen molar-refractivity contribution < 1.29 is 0 Å². The molecule has 0 unspecified atom stereocenters. The summed E-state index contributed by atoms with van der Waals surface area (Å²) in [4.78, 5) is 36.6. The molecule has 1 aliphatic carbocycles. The van der Waals surface area contributed by atoms with E-state index in [4.69, 9.17) is 28.2 Å². The smallest absolute Gasteiger partial charge is 0.253 e. The second kappa shape index (κ2) is 12.3. The van der Waals surface area contributed by atoms with Crippen molar-refractivity contribution in [3.8, 4) is 0 Å². The van der Waals surface area contributed by atoms with E-state index in [-0.39, 0.29) is 6.04 Å². The van der Waals surface area contributed by atoms with E-state index in [0.717, 1.165) is 75.8 Å². The molecule has 2 N–H and O–H groups in total. The first-order valence-electron chi connectivity index (χ1n) is 14.9. The van der Waals surface area contributed by atoms with Crippen LogP contribution in [0.15, 0.2) is 46.1 Å². The van der Waals surface area contributed by atoms with Gasteiger partial charge in [0.1, 0.15) is 17.2 Å². The number of benzene rings is 1. The highest BCUT2D eigenvalue weighted by Crippen LogP contribution is 2.33. The fourth-order valence-electron chi connectivity index (χ4n) is 6.44. The Labute approximate surface area is 251 Å². The number of anilines is 4. The lowest BCUT2D eigenvalue weighted by Gasteiger charge is -2.47. The van der Waals surface area contributed by atoms with Crippen LogP contribution in [0, 0.1) is 0 Å². The van der Waals surface area contributed by atoms with Crippen LogP contribution in [0.2, 0.25) is 10.0 Å². The molecule has 0 spiro atoms. The maximum Gasteiger partial charge on any atom is 0.253 e. The number of halogens is 2. The van der Waals surface area contributed by atoms with Gasteiger partial charge in [0.05, 0.1) is 16.9 Å². The zero-order valence-corrected chi connectivity index (χ0v) is 25.1. The first-order chi connectivity index (χ1) is 19.9. The highest BCUT2D eigenvalue weighted by molar-refractivity contribution is 6.33. The highest BCUT2D eigenvalue weighted by Gasteiger charge is 2.34. The molecule has 3 heterocycles. The number of piperidine rings is 1. The van der Waals surface area contributed by atoms with Gasteiger partial charge in [0, 0.05) is 49.3 Å². The van der Waals surface area contributed by atoms with E-state index in [1.807, 2.05) is 12.1 Å². The Morgan fingerprint density at radius 1 is 0.951 bits per heavy atom. The Morgan fingerprint density at radius 2 is 1.68 bits per heavy atom. The number of likely N-dealkylation sites (tertiary alicyclic amines) is 1. The summed E-state index contributed by atoms with van der Waals surface area (Å²) in [5.41, 5.74) is 1.67. The molecule has 2 aliphatic heterocycles. The minimum atomic E-state index is -0.496. The monoisotopic (exact) mass is 596 g/mol. The molecule has 41 heavy (non-hydrogen) atoms. The van der Waals surface area contributed by atoms with E-state index in [1.54, 1.807) is 12.3 Å². The Hall–Kier alpha value is -2.65. The molecular formula is C31H38Cl2N6O2. The summed E-state index contributed by atoms with van der Waals surface area (Å²) in [5, 5.41) is 7.63. The van der Waals surface area contributed by atoms with Crippen LogP contribution in [0.5, 0.6) is 0 Å². The Morgan fingerprint density at radius 3 is 2.34 bits per heavy atom. The van der Waals surface area contributed by atoms with Crippen LogP contribution in [-0.4, -0.2) is 65.6 Å². The van der Waals surface area contributed by atoms with Crippen LogP contribution in [0.4, 0.5) is 22.9 Å². The van der Waals surface area contributed by atoms with E-state index < -0.39 is 10.9 Å². The number of hydrogen-bond donors (Lipinski definition) is 2. The topological polar surface area (TPSA) is 80.8 Å². The first-order valence-corrected chi connectivity index (χ1v) is 15.6. The lowest BCUT2D eigenvalue weighted by molar-refractivity contribution is 0.0610. The predicted octanol–water partition coefficient (Wildman–Crippen LogP) is 5.26. The normalized spacial score (nSPS) is 21.2. The van der Waals surface area contributed by atoms with Gasteiger partial charge in [-0.1, -0.05) is 42.3 Å². The fourth-order valence-corrected chi connectivity index (χ4v) is 6.86. The second-order valence-corrected chi connectivity index (χ2v) is 12.6. The zero-order valence-electron chi connectivity index (χ0n) is 23.5. The largest absolute Gasteiger partial charge is 0.377 e. The van der Waals surface area contributed by atoms with Crippen molar-refractivity contribution >= 4 is 46.1 Å². The van der Waals surface area contributed by atoms with E-state index >= 15 is 0 Å². The molecule has 0 amide bonds. The summed E-state index contributed by atoms with van der Waals surface area (Å²) in [6.45, 7) is 8.19. The van der Waals surface area contributed by atoms with Crippen molar-refractivity contribution in [1.82, 2.24) is 14.8 Å². The first kappa shape index (κ1) is 28.5. The molecule has 0 radical (unpaired) electrons. The van der Waals surface area contributed by atoms with E-state index in [0.29, 0.717) is 34.2 Å². The zero-order chi connectivity index (χ0) is 28.5. The minimum absolute atomic E-state index is 0.273. The number of aromatic nitrogens is 1. The van der Waals surface area contributed by atoms with E-state index in [2.05, 4.69) is 44.4 Å². The Balaban J connectivity index is 1.05. The van der Waals surface area contributed by atoms with E-state index in [1.165, 1.54) is 18.4 Å². The second-order valence-electron chi connectivity index (χ2n) is 11.7. The van der Waals surface area contributed by atoms with Crippen molar-refractivity contribution in [3.63, 3.8) is 0 Å². The summed E-state index contributed by atoms with van der Waals surface area (Å²) in [6, 6.07) is 11.3. The summed E-state index contributed by atoms with van der Waals surface area (Å²) in [6.07, 6.45) is 8.32. The molecule has 3 fully saturated rings. The molecule has 2 aromatic carbocycles. The average molecular weight is 598 g/mol. The third-order valence-corrected chi connectivity index (χ3v) is 9.63. The molecule has 0 bridgehead atoms. The number of nitrogens with one attached hydrogen (secondary N) is 2. The lowest BCUT2D eigenvalue weighted by Crippen LogP contribution is -2.58. The lowest BCUT2D eigenvalue weighted by atomic mass is 9.92. The Kier molecular flexibility index (Phi) is 8.54. The molecule has 3 aromatic rings. The van der Waals surface area contributed by atoms with Gasteiger partial charge in [-0.25, -0.2) is 4.98 Å². The van der Waals surface area contributed by atoms with Crippen molar-refractivity contribution in [2.24, 2.45) is 0 Å². The van der Waals surface area contributed by atoms with E-state index in [9.17, 15) is 9.59 Å². The molecule has 8 nitrogen and oxygen atoms in total. The van der Waals surface area contributed by atoms with Gasteiger partial charge in [-0.3, -0.25) is 19.4 Å². The minimum Gasteiger partial charge on any atom is -0.377 e. The van der Waals surface area contributed by atoms with Gasteiger partial charge in [-0.05, 0) is 75.4 Å². The molecule has 218 valence electrons. The number of rotatable bonds is 9. The third kappa shape index (κ3) is 6.12. The van der Waals surface area contributed by atoms with Crippen LogP contribution in [0.1, 0.15) is 51.0 Å². The number of pyridine rings is 1. The van der Waals surface area contributed by atoms with Crippen molar-refractivity contribution in [2.45, 2.75) is 70.1 Å². The van der Waals surface area contributed by atoms with Crippen LogP contribution in [0.3, 0.4) is 0 Å². The van der Waals surface area contributed by atoms with Crippen molar-refractivity contribution in [3.05, 3.63) is 72.6 Å². The highest BCUT2D eigenvalue weighted by atomic mass is 35.5. The van der Waals surface area contributed by atoms with Gasteiger partial charge in [0.25, 0.3) is 10.9 Å². The van der Waals surface area contributed by atoms with Gasteiger partial charge in [0.2, 0.25) is 0 Å². The molecule has 2 saturated heterocycles. The van der Waals surface area contributed by atoms with Gasteiger partial charge in [0.15, 0.2) is 0 Å². The van der Waals surface area contributed by atoms with Gasteiger partial charge < -0.3 is 15.5 Å². The van der Waals surface area contributed by atoms with Gasteiger partial charge in [-0.2, -0.15) is 0 Å². The SMILES string of the molecule is CC[C@H]1CN(c2ncc(Nc3c(NC4CCC4)c(=O)c3=O)cc2Cl)CCN1C1CCN(Cc2ccc(Cl)cc2)CC1. The van der Waals surface area contributed by atoms with Crippen LogP contribution in [-0.2, 0) is 6.54 Å². The van der Waals surface area contributed by atoms with Crippen LogP contribution < -0.4 is 26.4 Å². The maximum atomic E-state index is 12.2. The van der Waals surface area contributed by atoms with Crippen molar-refractivity contribution in [1.29, 1.82) is 0 Å². The number of hydrogen-bond acceptors (Lipinski definition) is 8. The fraction of sp³-hybridized carbons (Fsp3) is 0.516.